The van der Waals surface area contributed by atoms with E-state index in [1.807, 2.05) is 32.0 Å². The number of hydrogen-bond acceptors (Lipinski definition) is 3. The lowest BCUT2D eigenvalue weighted by atomic mass is 9.90. The third kappa shape index (κ3) is 4.35. The number of anilines is 2. The summed E-state index contributed by atoms with van der Waals surface area (Å²) >= 11 is 5.99. The molecule has 0 aliphatic carbocycles. The monoisotopic (exact) mass is 374 g/mol. The minimum atomic E-state index is -1.30. The number of hydrogen-bond donors (Lipinski definition) is 2. The molecule has 2 amide bonds. The normalized spacial score (nSPS) is 11.0. The Balaban J connectivity index is 2.19. The zero-order valence-corrected chi connectivity index (χ0v) is 16.3. The number of benzene rings is 2. The second-order valence-electron chi connectivity index (χ2n) is 6.70. The summed E-state index contributed by atoms with van der Waals surface area (Å²) in [6.45, 7) is 7.03. The molecular weight excluding hydrogens is 352 g/mol. The topological polar surface area (TPSA) is 67.4 Å². The molecule has 0 spiro atoms. The van der Waals surface area contributed by atoms with Crippen molar-refractivity contribution in [2.24, 2.45) is 5.41 Å². The molecule has 6 heteroatoms. The van der Waals surface area contributed by atoms with E-state index in [-0.39, 0.29) is 0 Å². The predicted octanol–water partition coefficient (Wildman–Crippen LogP) is 4.57. The summed E-state index contributed by atoms with van der Waals surface area (Å²) in [6.07, 6.45) is 0. The van der Waals surface area contributed by atoms with Crippen LogP contribution in [0.15, 0.2) is 36.4 Å². The van der Waals surface area contributed by atoms with Crippen molar-refractivity contribution in [3.05, 3.63) is 52.5 Å². The van der Waals surface area contributed by atoms with E-state index in [0.29, 0.717) is 22.1 Å². The van der Waals surface area contributed by atoms with Crippen molar-refractivity contribution in [1.29, 1.82) is 0 Å². The fourth-order valence-electron chi connectivity index (χ4n) is 2.39. The molecule has 2 aromatic rings. The molecular formula is C20H23ClN2O3. The summed E-state index contributed by atoms with van der Waals surface area (Å²) in [5.41, 5.74) is 1.83. The summed E-state index contributed by atoms with van der Waals surface area (Å²) in [7, 11) is 1.50. The largest absolute Gasteiger partial charge is 0.495 e. The number of carbonyl (C=O) groups is 2. The number of ether oxygens (including phenoxy) is 1. The maximum atomic E-state index is 12.7. The van der Waals surface area contributed by atoms with E-state index in [4.69, 9.17) is 16.3 Å². The standard InChI is InChI=1S/C20H23ClN2O3/c1-12-6-8-15(13(2)10-12)22-18(24)20(3,4)19(25)23-16-11-14(21)7-9-17(16)26-5/h6-11H,1-5H3,(H,22,24)(H,23,25). The third-order valence-electron chi connectivity index (χ3n) is 4.18. The Morgan fingerprint density at radius 2 is 1.58 bits per heavy atom. The summed E-state index contributed by atoms with van der Waals surface area (Å²) < 4.78 is 5.22. The molecule has 0 atom stereocenters. The van der Waals surface area contributed by atoms with Gasteiger partial charge in [0.15, 0.2) is 0 Å². The van der Waals surface area contributed by atoms with Gasteiger partial charge in [-0.1, -0.05) is 29.3 Å². The minimum Gasteiger partial charge on any atom is -0.495 e. The summed E-state index contributed by atoms with van der Waals surface area (Å²) in [5.74, 6) is -0.392. The molecule has 0 bridgehead atoms. The first kappa shape index (κ1) is 19.8. The maximum Gasteiger partial charge on any atom is 0.239 e. The number of carbonyl (C=O) groups excluding carboxylic acids is 2. The van der Waals surface area contributed by atoms with Gasteiger partial charge in [0.25, 0.3) is 0 Å². The van der Waals surface area contributed by atoms with E-state index in [0.717, 1.165) is 11.1 Å². The van der Waals surface area contributed by atoms with Crippen LogP contribution in [0.5, 0.6) is 5.75 Å². The van der Waals surface area contributed by atoms with Crippen LogP contribution in [-0.2, 0) is 9.59 Å². The van der Waals surface area contributed by atoms with Crippen molar-refractivity contribution in [3.63, 3.8) is 0 Å². The zero-order chi connectivity index (χ0) is 19.5. The Kier molecular flexibility index (Phi) is 5.93. The van der Waals surface area contributed by atoms with E-state index in [2.05, 4.69) is 10.6 Å². The molecule has 2 N–H and O–H groups in total. The van der Waals surface area contributed by atoms with E-state index in [9.17, 15) is 9.59 Å². The van der Waals surface area contributed by atoms with Crippen molar-refractivity contribution >= 4 is 34.8 Å². The third-order valence-corrected chi connectivity index (χ3v) is 4.41. The van der Waals surface area contributed by atoms with Crippen LogP contribution in [0.4, 0.5) is 11.4 Å². The van der Waals surface area contributed by atoms with Gasteiger partial charge in [0, 0.05) is 10.7 Å². The van der Waals surface area contributed by atoms with E-state index in [1.54, 1.807) is 32.0 Å². The van der Waals surface area contributed by atoms with Crippen LogP contribution in [0.2, 0.25) is 5.02 Å². The van der Waals surface area contributed by atoms with Gasteiger partial charge in [-0.05, 0) is 57.5 Å². The van der Waals surface area contributed by atoms with Gasteiger partial charge in [0.05, 0.1) is 12.8 Å². The Bertz CT molecular complexity index is 847. The smallest absolute Gasteiger partial charge is 0.239 e. The second-order valence-corrected chi connectivity index (χ2v) is 7.13. The first-order valence-electron chi connectivity index (χ1n) is 8.19. The van der Waals surface area contributed by atoms with Crippen LogP contribution in [-0.4, -0.2) is 18.9 Å². The van der Waals surface area contributed by atoms with Gasteiger partial charge in [-0.3, -0.25) is 9.59 Å². The number of nitrogens with one attached hydrogen (secondary N) is 2. The molecule has 0 aliphatic rings. The molecule has 0 aromatic heterocycles. The predicted molar refractivity (Wildman–Crippen MR) is 105 cm³/mol. The zero-order valence-electron chi connectivity index (χ0n) is 15.6. The Labute approximate surface area is 158 Å². The highest BCUT2D eigenvalue weighted by molar-refractivity contribution is 6.31. The maximum absolute atomic E-state index is 12.7. The number of aryl methyl sites for hydroxylation is 2. The quantitative estimate of drug-likeness (QED) is 0.753. The molecule has 26 heavy (non-hydrogen) atoms. The molecule has 138 valence electrons. The van der Waals surface area contributed by atoms with Crippen LogP contribution >= 0.6 is 11.6 Å². The lowest BCUT2D eigenvalue weighted by Gasteiger charge is -2.24. The van der Waals surface area contributed by atoms with Crippen LogP contribution in [0, 0.1) is 19.3 Å². The van der Waals surface area contributed by atoms with Crippen molar-refractivity contribution in [2.45, 2.75) is 27.7 Å². The van der Waals surface area contributed by atoms with Crippen LogP contribution < -0.4 is 15.4 Å². The van der Waals surface area contributed by atoms with Gasteiger partial charge >= 0.3 is 0 Å². The Hall–Kier alpha value is -2.53. The van der Waals surface area contributed by atoms with Gasteiger partial charge in [-0.2, -0.15) is 0 Å². The average molecular weight is 375 g/mol. The minimum absolute atomic E-state index is 0.400. The summed E-state index contributed by atoms with van der Waals surface area (Å²) in [6, 6.07) is 10.6. The Morgan fingerprint density at radius 3 is 2.15 bits per heavy atom. The molecule has 0 heterocycles. The van der Waals surface area contributed by atoms with Crippen molar-refractivity contribution < 1.29 is 14.3 Å². The Morgan fingerprint density at radius 1 is 0.962 bits per heavy atom. The van der Waals surface area contributed by atoms with E-state index >= 15 is 0 Å². The number of rotatable bonds is 5. The van der Waals surface area contributed by atoms with E-state index < -0.39 is 17.2 Å². The highest BCUT2D eigenvalue weighted by Gasteiger charge is 2.36. The molecule has 0 fully saturated rings. The molecule has 0 aliphatic heterocycles. The van der Waals surface area contributed by atoms with Crippen molar-refractivity contribution in [3.8, 4) is 5.75 Å². The molecule has 0 saturated carbocycles. The lowest BCUT2D eigenvalue weighted by Crippen LogP contribution is -2.41. The number of methoxy groups -OCH3 is 1. The lowest BCUT2D eigenvalue weighted by molar-refractivity contribution is -0.135. The average Bonchev–Trinajstić information content (AvgIpc) is 2.57. The van der Waals surface area contributed by atoms with E-state index in [1.165, 1.54) is 7.11 Å². The molecule has 0 saturated heterocycles. The molecule has 0 radical (unpaired) electrons. The summed E-state index contributed by atoms with van der Waals surface area (Å²) in [4.78, 5) is 25.4. The van der Waals surface area contributed by atoms with Gasteiger partial charge in [-0.15, -0.1) is 0 Å². The first-order valence-corrected chi connectivity index (χ1v) is 8.56. The summed E-state index contributed by atoms with van der Waals surface area (Å²) in [5, 5.41) is 6.01. The van der Waals surface area contributed by atoms with Gasteiger partial charge in [-0.25, -0.2) is 0 Å². The molecule has 2 aromatic carbocycles. The SMILES string of the molecule is COc1ccc(Cl)cc1NC(=O)C(C)(C)C(=O)Nc1ccc(C)cc1C. The van der Waals surface area contributed by atoms with Gasteiger partial charge < -0.3 is 15.4 Å². The van der Waals surface area contributed by atoms with Crippen LogP contribution in [0.25, 0.3) is 0 Å². The number of amides is 2. The van der Waals surface area contributed by atoms with Crippen molar-refractivity contribution in [1.82, 2.24) is 0 Å². The fourth-order valence-corrected chi connectivity index (χ4v) is 2.56. The first-order chi connectivity index (χ1) is 12.1. The highest BCUT2D eigenvalue weighted by atomic mass is 35.5. The highest BCUT2D eigenvalue weighted by Crippen LogP contribution is 2.30. The van der Waals surface area contributed by atoms with Crippen LogP contribution in [0.3, 0.4) is 0 Å². The van der Waals surface area contributed by atoms with Crippen molar-refractivity contribution in [2.75, 3.05) is 17.7 Å². The fraction of sp³-hybridized carbons (Fsp3) is 0.300. The molecule has 5 nitrogen and oxygen atoms in total. The van der Waals surface area contributed by atoms with Gasteiger partial charge in [0.2, 0.25) is 11.8 Å². The van der Waals surface area contributed by atoms with Crippen LogP contribution in [0.1, 0.15) is 25.0 Å². The molecule has 0 unspecified atom stereocenters. The van der Waals surface area contributed by atoms with Gasteiger partial charge in [0.1, 0.15) is 11.2 Å². The second kappa shape index (κ2) is 7.79. The number of halogens is 1. The molecule has 2 rings (SSSR count).